The maximum absolute atomic E-state index is 13.2. The van der Waals surface area contributed by atoms with Crippen LogP contribution in [0.15, 0.2) is 30.6 Å². The predicted molar refractivity (Wildman–Crippen MR) is 50.5 cm³/mol. The summed E-state index contributed by atoms with van der Waals surface area (Å²) in [7, 11) is 0. The molecule has 2 aromatic rings. The molecule has 14 heavy (non-hydrogen) atoms. The largest absolute Gasteiger partial charge is 0.248 e. The van der Waals surface area contributed by atoms with E-state index in [2.05, 4.69) is 10.3 Å². The summed E-state index contributed by atoms with van der Waals surface area (Å²) < 4.78 is 14.8. The third-order valence-electron chi connectivity index (χ3n) is 1.81. The molecule has 5 heteroatoms. The van der Waals surface area contributed by atoms with Crippen molar-refractivity contribution in [2.75, 3.05) is 0 Å². The van der Waals surface area contributed by atoms with Crippen LogP contribution in [0.1, 0.15) is 5.56 Å². The lowest BCUT2D eigenvalue weighted by atomic mass is 10.2. The van der Waals surface area contributed by atoms with E-state index in [1.807, 2.05) is 0 Å². The van der Waals surface area contributed by atoms with E-state index in [1.54, 1.807) is 18.5 Å². The van der Waals surface area contributed by atoms with Crippen molar-refractivity contribution in [3.63, 3.8) is 0 Å². The number of hydrogen-bond acceptors (Lipinski definition) is 2. The molecule has 2 rings (SSSR count). The van der Waals surface area contributed by atoms with Crippen molar-refractivity contribution >= 4 is 11.6 Å². The minimum atomic E-state index is -0.287. The summed E-state index contributed by atoms with van der Waals surface area (Å²) in [5, 5.41) is 7.88. The summed E-state index contributed by atoms with van der Waals surface area (Å²) in [6.45, 7) is 0.340. The Morgan fingerprint density at radius 3 is 3.00 bits per heavy atom. The molecular formula is C9H7ClFN3. The van der Waals surface area contributed by atoms with Gasteiger partial charge in [-0.1, -0.05) is 16.8 Å². The number of hydrogen-bond donors (Lipinski definition) is 0. The molecule has 0 aliphatic rings. The summed E-state index contributed by atoms with van der Waals surface area (Å²) in [5.41, 5.74) is 0.503. The lowest BCUT2D eigenvalue weighted by Crippen LogP contribution is -2.02. The summed E-state index contributed by atoms with van der Waals surface area (Å²) >= 11 is 5.75. The summed E-state index contributed by atoms with van der Waals surface area (Å²) in [4.78, 5) is 0. The van der Waals surface area contributed by atoms with Crippen LogP contribution in [-0.4, -0.2) is 15.0 Å². The Labute approximate surface area is 85.1 Å². The van der Waals surface area contributed by atoms with Crippen molar-refractivity contribution in [2.45, 2.75) is 6.54 Å². The Hall–Kier alpha value is -1.42. The van der Waals surface area contributed by atoms with Gasteiger partial charge < -0.3 is 0 Å². The van der Waals surface area contributed by atoms with Gasteiger partial charge in [-0.15, -0.1) is 5.10 Å². The van der Waals surface area contributed by atoms with Crippen LogP contribution in [0.5, 0.6) is 0 Å². The van der Waals surface area contributed by atoms with Crippen LogP contribution in [0.3, 0.4) is 0 Å². The average Bonchev–Trinajstić information content (AvgIpc) is 2.64. The number of aromatic nitrogens is 3. The highest BCUT2D eigenvalue weighted by molar-refractivity contribution is 6.30. The molecule has 0 spiro atoms. The standard InChI is InChI=1S/C9H7ClFN3/c10-8-1-2-9(11)7(5-8)6-14-4-3-12-13-14/h1-5H,6H2. The second-order valence-corrected chi connectivity index (χ2v) is 3.27. The van der Waals surface area contributed by atoms with Crippen LogP contribution in [0.4, 0.5) is 4.39 Å². The maximum atomic E-state index is 13.2. The van der Waals surface area contributed by atoms with Crippen molar-refractivity contribution in [1.29, 1.82) is 0 Å². The highest BCUT2D eigenvalue weighted by Crippen LogP contribution is 2.15. The first-order valence-corrected chi connectivity index (χ1v) is 4.41. The van der Waals surface area contributed by atoms with Crippen LogP contribution >= 0.6 is 11.6 Å². The molecule has 0 saturated carbocycles. The summed E-state index contributed by atoms with van der Waals surface area (Å²) in [6.07, 6.45) is 3.21. The van der Waals surface area contributed by atoms with Gasteiger partial charge in [0.2, 0.25) is 0 Å². The van der Waals surface area contributed by atoms with Gasteiger partial charge in [-0.25, -0.2) is 9.07 Å². The zero-order chi connectivity index (χ0) is 9.97. The van der Waals surface area contributed by atoms with Gasteiger partial charge in [0, 0.05) is 16.8 Å². The predicted octanol–water partition coefficient (Wildman–Crippen LogP) is 2.12. The first kappa shape index (κ1) is 9.15. The van der Waals surface area contributed by atoms with Crippen LogP contribution in [-0.2, 0) is 6.54 Å². The third kappa shape index (κ3) is 1.90. The Kier molecular flexibility index (Phi) is 2.45. The molecule has 0 atom stereocenters. The summed E-state index contributed by atoms with van der Waals surface area (Å²) in [6, 6.07) is 4.44. The van der Waals surface area contributed by atoms with Gasteiger partial charge in [-0.3, -0.25) is 0 Å². The zero-order valence-electron chi connectivity index (χ0n) is 7.19. The lowest BCUT2D eigenvalue weighted by molar-refractivity contribution is 0.577. The fourth-order valence-electron chi connectivity index (χ4n) is 1.16. The monoisotopic (exact) mass is 211 g/mol. The van der Waals surface area contributed by atoms with E-state index in [9.17, 15) is 4.39 Å². The van der Waals surface area contributed by atoms with Crippen LogP contribution in [0.2, 0.25) is 5.02 Å². The molecule has 0 unspecified atom stereocenters. The van der Waals surface area contributed by atoms with Crippen LogP contribution in [0.25, 0.3) is 0 Å². The number of rotatable bonds is 2. The Morgan fingerprint density at radius 2 is 2.29 bits per heavy atom. The second-order valence-electron chi connectivity index (χ2n) is 2.84. The minimum Gasteiger partial charge on any atom is -0.248 e. The smallest absolute Gasteiger partial charge is 0.128 e. The Morgan fingerprint density at radius 1 is 1.43 bits per heavy atom. The van der Waals surface area contributed by atoms with Gasteiger partial charge in [0.1, 0.15) is 5.82 Å². The van der Waals surface area contributed by atoms with Crippen molar-refractivity contribution in [3.05, 3.63) is 47.0 Å². The highest BCUT2D eigenvalue weighted by atomic mass is 35.5. The normalized spacial score (nSPS) is 10.4. The molecule has 72 valence electrons. The lowest BCUT2D eigenvalue weighted by Gasteiger charge is -2.02. The molecule has 3 nitrogen and oxygen atoms in total. The molecule has 0 bridgehead atoms. The quantitative estimate of drug-likeness (QED) is 0.762. The van der Waals surface area contributed by atoms with E-state index >= 15 is 0 Å². The van der Waals surface area contributed by atoms with E-state index in [0.29, 0.717) is 17.1 Å². The SMILES string of the molecule is Fc1ccc(Cl)cc1Cn1ccnn1. The van der Waals surface area contributed by atoms with Crippen LogP contribution in [0, 0.1) is 5.82 Å². The fraction of sp³-hybridized carbons (Fsp3) is 0.111. The minimum absolute atomic E-state index is 0.287. The van der Waals surface area contributed by atoms with Gasteiger partial charge in [0.15, 0.2) is 0 Å². The number of halogens is 2. The Balaban J connectivity index is 2.28. The molecule has 0 saturated heterocycles. The first-order chi connectivity index (χ1) is 6.75. The van der Waals surface area contributed by atoms with E-state index in [-0.39, 0.29) is 5.82 Å². The van der Waals surface area contributed by atoms with E-state index < -0.39 is 0 Å². The molecule has 0 aliphatic heterocycles. The van der Waals surface area contributed by atoms with Crippen molar-refractivity contribution in [1.82, 2.24) is 15.0 Å². The van der Waals surface area contributed by atoms with Crippen molar-refractivity contribution in [2.24, 2.45) is 0 Å². The second kappa shape index (κ2) is 3.75. The Bertz CT molecular complexity index is 428. The molecule has 1 heterocycles. The van der Waals surface area contributed by atoms with E-state index in [1.165, 1.54) is 16.8 Å². The van der Waals surface area contributed by atoms with Gasteiger partial charge in [-0.2, -0.15) is 0 Å². The molecule has 0 radical (unpaired) electrons. The molecule has 1 aromatic heterocycles. The molecule has 0 fully saturated rings. The van der Waals surface area contributed by atoms with Gasteiger partial charge in [0.25, 0.3) is 0 Å². The summed E-state index contributed by atoms with van der Waals surface area (Å²) in [5.74, 6) is -0.287. The topological polar surface area (TPSA) is 30.7 Å². The van der Waals surface area contributed by atoms with Gasteiger partial charge >= 0.3 is 0 Å². The zero-order valence-corrected chi connectivity index (χ0v) is 7.95. The number of benzene rings is 1. The van der Waals surface area contributed by atoms with E-state index in [0.717, 1.165) is 0 Å². The molecule has 0 aliphatic carbocycles. The molecule has 1 aromatic carbocycles. The number of nitrogens with zero attached hydrogens (tertiary/aromatic N) is 3. The molecular weight excluding hydrogens is 205 g/mol. The highest BCUT2D eigenvalue weighted by Gasteiger charge is 2.03. The average molecular weight is 212 g/mol. The van der Waals surface area contributed by atoms with Crippen LogP contribution < -0.4 is 0 Å². The maximum Gasteiger partial charge on any atom is 0.128 e. The van der Waals surface area contributed by atoms with E-state index in [4.69, 9.17) is 11.6 Å². The first-order valence-electron chi connectivity index (χ1n) is 4.04. The fourth-order valence-corrected chi connectivity index (χ4v) is 1.35. The molecule has 0 amide bonds. The third-order valence-corrected chi connectivity index (χ3v) is 2.05. The van der Waals surface area contributed by atoms with Crippen molar-refractivity contribution in [3.8, 4) is 0 Å². The van der Waals surface area contributed by atoms with Crippen molar-refractivity contribution < 1.29 is 4.39 Å². The van der Waals surface area contributed by atoms with Gasteiger partial charge in [-0.05, 0) is 18.2 Å². The molecule has 0 N–H and O–H groups in total. The van der Waals surface area contributed by atoms with Gasteiger partial charge in [0.05, 0.1) is 12.7 Å².